The Morgan fingerprint density at radius 3 is 2.31 bits per heavy atom. The summed E-state index contributed by atoms with van der Waals surface area (Å²) < 4.78 is 0. The van der Waals surface area contributed by atoms with Crippen molar-refractivity contribution in [1.82, 2.24) is 4.90 Å². The van der Waals surface area contributed by atoms with Gasteiger partial charge in [-0.05, 0) is 11.8 Å². The highest BCUT2D eigenvalue weighted by atomic mass is 16.4. The Morgan fingerprint density at radius 1 is 1.38 bits per heavy atom. The van der Waals surface area contributed by atoms with Crippen LogP contribution in [0.2, 0.25) is 0 Å². The lowest BCUT2D eigenvalue weighted by molar-refractivity contribution is -0.142. The molecule has 16 heavy (non-hydrogen) atoms. The van der Waals surface area contributed by atoms with Gasteiger partial charge in [-0.3, -0.25) is 9.59 Å². The molecule has 1 heterocycles. The summed E-state index contributed by atoms with van der Waals surface area (Å²) in [4.78, 5) is 24.4. The van der Waals surface area contributed by atoms with Gasteiger partial charge in [0.15, 0.2) is 0 Å². The fourth-order valence-electron chi connectivity index (χ4n) is 1.96. The maximum atomic E-state index is 11.9. The monoisotopic (exact) mass is 228 g/mol. The molecule has 1 saturated heterocycles. The first-order valence-corrected chi connectivity index (χ1v) is 5.61. The summed E-state index contributed by atoms with van der Waals surface area (Å²) in [5.74, 6) is -1.35. The van der Waals surface area contributed by atoms with Crippen molar-refractivity contribution in [1.29, 1.82) is 0 Å². The van der Waals surface area contributed by atoms with Gasteiger partial charge in [0, 0.05) is 13.1 Å². The maximum Gasteiger partial charge on any atom is 0.308 e. The topological polar surface area (TPSA) is 83.6 Å². The molecule has 0 spiro atoms. The maximum absolute atomic E-state index is 11.9. The van der Waals surface area contributed by atoms with Gasteiger partial charge in [-0.1, -0.05) is 20.8 Å². The van der Waals surface area contributed by atoms with Gasteiger partial charge < -0.3 is 15.7 Å². The fraction of sp³-hybridized carbons (Fsp3) is 0.818. The molecule has 3 atom stereocenters. The van der Waals surface area contributed by atoms with Crippen LogP contribution in [0.15, 0.2) is 0 Å². The summed E-state index contributed by atoms with van der Waals surface area (Å²) >= 11 is 0. The van der Waals surface area contributed by atoms with Gasteiger partial charge >= 0.3 is 5.97 Å². The standard InChI is InChI=1S/C11H20N2O3/c1-6(2)9(12)10(14)13-4-7(3)8(5-13)11(15)16/h6-9H,4-5,12H2,1-3H3,(H,15,16)/t7-,8-,9+/m1/s1. The van der Waals surface area contributed by atoms with E-state index in [4.69, 9.17) is 10.8 Å². The number of nitrogens with two attached hydrogens (primary N) is 1. The van der Waals surface area contributed by atoms with E-state index in [0.29, 0.717) is 6.54 Å². The number of hydrogen-bond donors (Lipinski definition) is 2. The molecule has 1 fully saturated rings. The number of carboxylic acids is 1. The van der Waals surface area contributed by atoms with Crippen LogP contribution in [0, 0.1) is 17.8 Å². The van der Waals surface area contributed by atoms with Crippen molar-refractivity contribution in [3.8, 4) is 0 Å². The third-order valence-corrected chi connectivity index (χ3v) is 3.24. The molecule has 0 radical (unpaired) electrons. The lowest BCUT2D eigenvalue weighted by Gasteiger charge is -2.22. The molecule has 1 amide bonds. The molecule has 5 nitrogen and oxygen atoms in total. The van der Waals surface area contributed by atoms with Gasteiger partial charge in [0.05, 0.1) is 12.0 Å². The van der Waals surface area contributed by atoms with E-state index >= 15 is 0 Å². The summed E-state index contributed by atoms with van der Waals surface area (Å²) in [5, 5.41) is 8.96. The molecule has 0 unspecified atom stereocenters. The van der Waals surface area contributed by atoms with Crippen LogP contribution in [0.5, 0.6) is 0 Å². The Kier molecular flexibility index (Phi) is 3.91. The van der Waals surface area contributed by atoms with Gasteiger partial charge in [0.1, 0.15) is 0 Å². The van der Waals surface area contributed by atoms with Crippen LogP contribution in [0.4, 0.5) is 0 Å². The summed E-state index contributed by atoms with van der Waals surface area (Å²) in [6.45, 7) is 6.41. The van der Waals surface area contributed by atoms with Crippen LogP contribution in [0.3, 0.4) is 0 Å². The molecule has 1 aliphatic heterocycles. The summed E-state index contributed by atoms with van der Waals surface area (Å²) in [7, 11) is 0. The predicted octanol–water partition coefficient (Wildman–Crippen LogP) is 0.149. The number of carbonyl (C=O) groups is 2. The Bertz CT molecular complexity index is 291. The van der Waals surface area contributed by atoms with Crippen LogP contribution in [0.1, 0.15) is 20.8 Å². The second kappa shape index (κ2) is 4.82. The minimum atomic E-state index is -0.832. The lowest BCUT2D eigenvalue weighted by atomic mass is 9.99. The van der Waals surface area contributed by atoms with E-state index in [2.05, 4.69) is 0 Å². The zero-order chi connectivity index (χ0) is 12.5. The Hall–Kier alpha value is -1.10. The largest absolute Gasteiger partial charge is 0.481 e. The van der Waals surface area contributed by atoms with Crippen molar-refractivity contribution in [3.63, 3.8) is 0 Å². The van der Waals surface area contributed by atoms with Gasteiger partial charge in [0.2, 0.25) is 5.91 Å². The Balaban J connectivity index is 2.65. The number of carbonyl (C=O) groups excluding carboxylic acids is 1. The molecule has 92 valence electrons. The number of hydrogen-bond acceptors (Lipinski definition) is 3. The van der Waals surface area contributed by atoms with Gasteiger partial charge in [-0.15, -0.1) is 0 Å². The number of rotatable bonds is 3. The average Bonchev–Trinajstić information content (AvgIpc) is 2.58. The molecule has 0 aromatic rings. The van der Waals surface area contributed by atoms with E-state index in [9.17, 15) is 9.59 Å². The van der Waals surface area contributed by atoms with E-state index in [1.807, 2.05) is 20.8 Å². The molecule has 1 rings (SSSR count). The van der Waals surface area contributed by atoms with E-state index in [1.165, 1.54) is 0 Å². The molecular formula is C11H20N2O3. The number of carboxylic acid groups (broad SMARTS) is 1. The highest BCUT2D eigenvalue weighted by molar-refractivity contribution is 5.83. The smallest absolute Gasteiger partial charge is 0.308 e. The van der Waals surface area contributed by atoms with Crippen molar-refractivity contribution in [2.24, 2.45) is 23.5 Å². The van der Waals surface area contributed by atoms with Crippen LogP contribution >= 0.6 is 0 Å². The third-order valence-electron chi connectivity index (χ3n) is 3.24. The van der Waals surface area contributed by atoms with Crippen LogP contribution in [-0.4, -0.2) is 41.0 Å². The molecule has 0 bridgehead atoms. The van der Waals surface area contributed by atoms with Gasteiger partial charge in [-0.2, -0.15) is 0 Å². The first-order chi connectivity index (χ1) is 7.34. The minimum absolute atomic E-state index is 0.000752. The SMILES string of the molecule is CC(C)[C@H](N)C(=O)N1C[C@@H](C)[C@H](C(=O)O)C1. The molecule has 0 aliphatic carbocycles. The predicted molar refractivity (Wildman–Crippen MR) is 59.7 cm³/mol. The molecule has 0 aromatic heterocycles. The summed E-state index contributed by atoms with van der Waals surface area (Å²) in [6, 6.07) is -0.528. The normalized spacial score (nSPS) is 27.2. The molecular weight excluding hydrogens is 208 g/mol. The molecule has 1 aliphatic rings. The second-order valence-corrected chi connectivity index (χ2v) is 4.94. The van der Waals surface area contributed by atoms with Crippen molar-refractivity contribution in [2.45, 2.75) is 26.8 Å². The molecule has 5 heteroatoms. The second-order valence-electron chi connectivity index (χ2n) is 4.94. The first kappa shape index (κ1) is 13.0. The average molecular weight is 228 g/mol. The van der Waals surface area contributed by atoms with Gasteiger partial charge in [0.25, 0.3) is 0 Å². The number of aliphatic carboxylic acids is 1. The molecule has 3 N–H and O–H groups in total. The molecule has 0 aromatic carbocycles. The Labute approximate surface area is 95.6 Å². The van der Waals surface area contributed by atoms with Crippen molar-refractivity contribution >= 4 is 11.9 Å². The van der Waals surface area contributed by atoms with Crippen LogP contribution in [-0.2, 0) is 9.59 Å². The number of likely N-dealkylation sites (tertiary alicyclic amines) is 1. The highest BCUT2D eigenvalue weighted by Gasteiger charge is 2.38. The molecule has 0 saturated carbocycles. The zero-order valence-electron chi connectivity index (χ0n) is 10.0. The quantitative estimate of drug-likeness (QED) is 0.720. The summed E-state index contributed by atoms with van der Waals surface area (Å²) in [5.41, 5.74) is 5.77. The van der Waals surface area contributed by atoms with Crippen LogP contribution < -0.4 is 5.73 Å². The summed E-state index contributed by atoms with van der Waals surface area (Å²) in [6.07, 6.45) is 0. The van der Waals surface area contributed by atoms with Crippen LogP contribution in [0.25, 0.3) is 0 Å². The first-order valence-electron chi connectivity index (χ1n) is 5.61. The van der Waals surface area contributed by atoms with E-state index in [-0.39, 0.29) is 24.3 Å². The number of nitrogens with zero attached hydrogens (tertiary/aromatic N) is 1. The third kappa shape index (κ3) is 2.52. The minimum Gasteiger partial charge on any atom is -0.481 e. The lowest BCUT2D eigenvalue weighted by Crippen LogP contribution is -2.45. The number of amides is 1. The van der Waals surface area contributed by atoms with E-state index in [1.54, 1.807) is 4.90 Å². The zero-order valence-corrected chi connectivity index (χ0v) is 10.0. The highest BCUT2D eigenvalue weighted by Crippen LogP contribution is 2.24. The Morgan fingerprint density at radius 2 is 1.94 bits per heavy atom. The fourth-order valence-corrected chi connectivity index (χ4v) is 1.96. The van der Waals surface area contributed by atoms with E-state index < -0.39 is 17.9 Å². The van der Waals surface area contributed by atoms with Gasteiger partial charge in [-0.25, -0.2) is 0 Å². The van der Waals surface area contributed by atoms with E-state index in [0.717, 1.165) is 0 Å². The van der Waals surface area contributed by atoms with Crippen molar-refractivity contribution < 1.29 is 14.7 Å². The van der Waals surface area contributed by atoms with Crippen molar-refractivity contribution in [3.05, 3.63) is 0 Å². The van der Waals surface area contributed by atoms with Crippen molar-refractivity contribution in [2.75, 3.05) is 13.1 Å².